The van der Waals surface area contributed by atoms with E-state index in [2.05, 4.69) is 0 Å². The first-order valence-corrected chi connectivity index (χ1v) is 9.12. The van der Waals surface area contributed by atoms with Gasteiger partial charge in [0.15, 0.2) is 5.78 Å². The van der Waals surface area contributed by atoms with Crippen LogP contribution in [0.2, 0.25) is 0 Å². The van der Waals surface area contributed by atoms with E-state index in [1.165, 1.54) is 6.92 Å². The molecule has 27 heavy (non-hydrogen) atoms. The molecule has 1 amide bonds. The van der Waals surface area contributed by atoms with Crippen LogP contribution in [0, 0.1) is 0 Å². The van der Waals surface area contributed by atoms with Crippen molar-refractivity contribution in [3.8, 4) is 11.5 Å². The third-order valence-corrected chi connectivity index (χ3v) is 4.87. The van der Waals surface area contributed by atoms with E-state index in [1.54, 1.807) is 32.4 Å². The molecule has 0 heterocycles. The molecular weight excluding hydrogens is 342 g/mol. The van der Waals surface area contributed by atoms with Crippen molar-refractivity contribution in [1.82, 2.24) is 4.90 Å². The molecule has 0 spiro atoms. The molecule has 3 rings (SSSR count). The van der Waals surface area contributed by atoms with Crippen LogP contribution in [0.5, 0.6) is 11.5 Å². The van der Waals surface area contributed by atoms with Crippen LogP contribution < -0.4 is 9.47 Å². The standard InChI is InChI=1S/C22H25NO4/c1-15(24)16-8-11-21(27-3)18(12-16)13-22(25)23(19-9-10-19)14-17-6-4-5-7-20(17)26-2/h4-8,11-12,19H,9-10,13-14H2,1-3H3. The molecule has 0 N–H and O–H groups in total. The molecule has 0 bridgehead atoms. The zero-order valence-electron chi connectivity index (χ0n) is 16.0. The number of Topliss-reactive ketones (excluding diaryl/α,β-unsaturated/α-hetero) is 1. The summed E-state index contributed by atoms with van der Waals surface area (Å²) in [5.74, 6) is 1.41. The molecule has 2 aromatic rings. The van der Waals surface area contributed by atoms with E-state index in [4.69, 9.17) is 9.47 Å². The first-order valence-electron chi connectivity index (χ1n) is 9.12. The highest BCUT2D eigenvalue weighted by molar-refractivity contribution is 5.94. The van der Waals surface area contributed by atoms with Crippen LogP contribution in [0.1, 0.15) is 41.3 Å². The van der Waals surface area contributed by atoms with Gasteiger partial charge in [0.1, 0.15) is 11.5 Å². The van der Waals surface area contributed by atoms with E-state index in [0.717, 1.165) is 29.7 Å². The van der Waals surface area contributed by atoms with E-state index in [1.807, 2.05) is 29.2 Å². The van der Waals surface area contributed by atoms with E-state index in [9.17, 15) is 9.59 Å². The molecule has 1 saturated carbocycles. The van der Waals surface area contributed by atoms with Gasteiger partial charge >= 0.3 is 0 Å². The molecular formula is C22H25NO4. The summed E-state index contributed by atoms with van der Waals surface area (Å²) in [4.78, 5) is 26.7. The van der Waals surface area contributed by atoms with E-state index in [0.29, 0.717) is 17.9 Å². The van der Waals surface area contributed by atoms with Gasteiger partial charge in [0, 0.05) is 29.3 Å². The van der Waals surface area contributed by atoms with Crippen molar-refractivity contribution >= 4 is 11.7 Å². The van der Waals surface area contributed by atoms with Gasteiger partial charge in [-0.2, -0.15) is 0 Å². The Hall–Kier alpha value is -2.82. The summed E-state index contributed by atoms with van der Waals surface area (Å²) in [6.45, 7) is 2.04. The van der Waals surface area contributed by atoms with Crippen molar-refractivity contribution in [2.75, 3.05) is 14.2 Å². The third kappa shape index (κ3) is 4.48. The minimum Gasteiger partial charge on any atom is -0.496 e. The summed E-state index contributed by atoms with van der Waals surface area (Å²) in [7, 11) is 3.21. The van der Waals surface area contributed by atoms with Crippen molar-refractivity contribution in [2.24, 2.45) is 0 Å². The Morgan fingerprint density at radius 3 is 2.30 bits per heavy atom. The second-order valence-electron chi connectivity index (χ2n) is 6.82. The molecule has 5 heteroatoms. The van der Waals surface area contributed by atoms with Gasteiger partial charge in [-0.25, -0.2) is 0 Å². The van der Waals surface area contributed by atoms with Crippen LogP contribution >= 0.6 is 0 Å². The molecule has 0 aliphatic heterocycles. The predicted molar refractivity (Wildman–Crippen MR) is 103 cm³/mol. The smallest absolute Gasteiger partial charge is 0.227 e. The number of hydrogen-bond donors (Lipinski definition) is 0. The van der Waals surface area contributed by atoms with Crippen LogP contribution in [0.4, 0.5) is 0 Å². The number of methoxy groups -OCH3 is 2. The molecule has 1 fully saturated rings. The Morgan fingerprint density at radius 2 is 1.67 bits per heavy atom. The summed E-state index contributed by atoms with van der Waals surface area (Å²) in [6.07, 6.45) is 2.24. The Morgan fingerprint density at radius 1 is 1.00 bits per heavy atom. The Labute approximate surface area is 159 Å². The largest absolute Gasteiger partial charge is 0.496 e. The SMILES string of the molecule is COc1ccc(C(C)=O)cc1CC(=O)N(Cc1ccccc1OC)C1CC1. The van der Waals surface area contributed by atoms with Crippen LogP contribution in [0.25, 0.3) is 0 Å². The minimum absolute atomic E-state index is 0.0283. The molecule has 142 valence electrons. The summed E-state index contributed by atoms with van der Waals surface area (Å²) in [5.41, 5.74) is 2.31. The average Bonchev–Trinajstić information content (AvgIpc) is 3.51. The molecule has 2 aromatic carbocycles. The lowest BCUT2D eigenvalue weighted by molar-refractivity contribution is -0.131. The predicted octanol–water partition coefficient (Wildman–Crippen LogP) is 3.64. The van der Waals surface area contributed by atoms with Gasteiger partial charge < -0.3 is 14.4 Å². The number of amides is 1. The number of carbonyl (C=O) groups excluding carboxylic acids is 2. The molecule has 0 radical (unpaired) electrons. The second-order valence-corrected chi connectivity index (χ2v) is 6.82. The third-order valence-electron chi connectivity index (χ3n) is 4.87. The van der Waals surface area contributed by atoms with Crippen LogP contribution in [0.15, 0.2) is 42.5 Å². The number of ketones is 1. The number of hydrogen-bond acceptors (Lipinski definition) is 4. The highest BCUT2D eigenvalue weighted by Gasteiger charge is 2.33. The van der Waals surface area contributed by atoms with Crippen molar-refractivity contribution < 1.29 is 19.1 Å². The second kappa shape index (κ2) is 8.25. The summed E-state index contributed by atoms with van der Waals surface area (Å²) in [6, 6.07) is 13.3. The highest BCUT2D eigenvalue weighted by Crippen LogP contribution is 2.32. The fourth-order valence-electron chi connectivity index (χ4n) is 3.22. The number of nitrogens with zero attached hydrogens (tertiary/aromatic N) is 1. The lowest BCUT2D eigenvalue weighted by atomic mass is 10.0. The normalized spacial score (nSPS) is 13.1. The maximum absolute atomic E-state index is 13.1. The van der Waals surface area contributed by atoms with Gasteiger partial charge in [0.25, 0.3) is 0 Å². The lowest BCUT2D eigenvalue weighted by Gasteiger charge is -2.24. The van der Waals surface area contributed by atoms with Crippen LogP contribution in [-0.4, -0.2) is 36.9 Å². The summed E-state index contributed by atoms with van der Waals surface area (Å²) >= 11 is 0. The van der Waals surface area contributed by atoms with Crippen LogP contribution in [-0.2, 0) is 17.8 Å². The van der Waals surface area contributed by atoms with Crippen molar-refractivity contribution in [3.63, 3.8) is 0 Å². The molecule has 0 unspecified atom stereocenters. The Balaban J connectivity index is 1.82. The van der Waals surface area contributed by atoms with E-state index >= 15 is 0 Å². The zero-order chi connectivity index (χ0) is 19.4. The van der Waals surface area contributed by atoms with Crippen molar-refractivity contribution in [2.45, 2.75) is 38.8 Å². The van der Waals surface area contributed by atoms with Gasteiger partial charge in [-0.1, -0.05) is 18.2 Å². The first kappa shape index (κ1) is 19.0. The first-order chi connectivity index (χ1) is 13.0. The van der Waals surface area contributed by atoms with E-state index in [-0.39, 0.29) is 24.2 Å². The number of ether oxygens (including phenoxy) is 2. The van der Waals surface area contributed by atoms with Gasteiger partial charge in [-0.15, -0.1) is 0 Å². The van der Waals surface area contributed by atoms with Gasteiger partial charge in [-0.3, -0.25) is 9.59 Å². The monoisotopic (exact) mass is 367 g/mol. The van der Waals surface area contributed by atoms with Gasteiger partial charge in [0.2, 0.25) is 5.91 Å². The summed E-state index contributed by atoms with van der Waals surface area (Å²) < 4.78 is 10.8. The fourth-order valence-corrected chi connectivity index (χ4v) is 3.22. The number of para-hydroxylation sites is 1. The number of carbonyl (C=O) groups is 2. The van der Waals surface area contributed by atoms with Crippen molar-refractivity contribution in [1.29, 1.82) is 0 Å². The van der Waals surface area contributed by atoms with Gasteiger partial charge in [0.05, 0.1) is 20.6 Å². The molecule has 1 aliphatic rings. The maximum atomic E-state index is 13.1. The number of rotatable bonds is 8. The lowest BCUT2D eigenvalue weighted by Crippen LogP contribution is -2.34. The van der Waals surface area contributed by atoms with Gasteiger partial charge in [-0.05, 0) is 44.0 Å². The van der Waals surface area contributed by atoms with E-state index < -0.39 is 0 Å². The molecule has 0 aromatic heterocycles. The maximum Gasteiger partial charge on any atom is 0.227 e. The van der Waals surface area contributed by atoms with Crippen molar-refractivity contribution in [3.05, 3.63) is 59.2 Å². The minimum atomic E-state index is -0.0283. The molecule has 0 saturated heterocycles. The molecule has 5 nitrogen and oxygen atoms in total. The quantitative estimate of drug-likeness (QED) is 0.669. The highest BCUT2D eigenvalue weighted by atomic mass is 16.5. The fraction of sp³-hybridized carbons (Fsp3) is 0.364. The number of benzene rings is 2. The Bertz CT molecular complexity index is 842. The topological polar surface area (TPSA) is 55.8 Å². The average molecular weight is 367 g/mol. The molecule has 1 aliphatic carbocycles. The summed E-state index contributed by atoms with van der Waals surface area (Å²) in [5, 5.41) is 0. The van der Waals surface area contributed by atoms with Crippen LogP contribution in [0.3, 0.4) is 0 Å². The zero-order valence-corrected chi connectivity index (χ0v) is 16.0. The molecule has 0 atom stereocenters. The Kier molecular flexibility index (Phi) is 5.79.